The van der Waals surface area contributed by atoms with Crippen molar-refractivity contribution in [3.63, 3.8) is 0 Å². The quantitative estimate of drug-likeness (QED) is 0.171. The Morgan fingerprint density at radius 1 is 0.245 bits per heavy atom. The van der Waals surface area contributed by atoms with E-state index in [9.17, 15) is 0 Å². The second-order valence-electron chi connectivity index (χ2n) is 14.4. The molecular formula is C52H30O. The maximum absolute atomic E-state index is 6.86. The Bertz CT molecular complexity index is 3440. The molecule has 0 saturated carbocycles. The predicted octanol–water partition coefficient (Wildman–Crippen LogP) is 14.9. The molecule has 244 valence electrons. The van der Waals surface area contributed by atoms with Crippen molar-refractivity contribution in [2.24, 2.45) is 0 Å². The van der Waals surface area contributed by atoms with E-state index in [2.05, 4.69) is 182 Å². The molecule has 1 heteroatoms. The highest BCUT2D eigenvalue weighted by molar-refractivity contribution is 6.27. The van der Waals surface area contributed by atoms with Gasteiger partial charge in [0.2, 0.25) is 0 Å². The van der Waals surface area contributed by atoms with E-state index in [0.717, 1.165) is 27.5 Å². The fraction of sp³-hybridized carbons (Fsp3) is 0. The summed E-state index contributed by atoms with van der Waals surface area (Å²) in [6.45, 7) is 0. The summed E-state index contributed by atoms with van der Waals surface area (Å²) in [6.07, 6.45) is 0. The molecule has 12 rings (SSSR count). The average Bonchev–Trinajstić information content (AvgIpc) is 3.58. The van der Waals surface area contributed by atoms with Gasteiger partial charge >= 0.3 is 0 Å². The van der Waals surface area contributed by atoms with Crippen molar-refractivity contribution < 1.29 is 4.42 Å². The predicted molar refractivity (Wildman–Crippen MR) is 226 cm³/mol. The second kappa shape index (κ2) is 10.8. The van der Waals surface area contributed by atoms with E-state index in [1.807, 2.05) is 0 Å². The molecule has 1 aromatic heterocycles. The molecule has 0 N–H and O–H groups in total. The second-order valence-corrected chi connectivity index (χ2v) is 14.4. The van der Waals surface area contributed by atoms with E-state index < -0.39 is 0 Å². The first-order valence-electron chi connectivity index (χ1n) is 18.3. The molecule has 11 aromatic carbocycles. The van der Waals surface area contributed by atoms with Gasteiger partial charge in [0.05, 0.1) is 0 Å². The summed E-state index contributed by atoms with van der Waals surface area (Å²) in [4.78, 5) is 0. The van der Waals surface area contributed by atoms with Crippen LogP contribution in [0.5, 0.6) is 0 Å². The molecule has 0 aliphatic heterocycles. The van der Waals surface area contributed by atoms with E-state index in [1.165, 1.54) is 92.5 Å². The number of hydrogen-bond acceptors (Lipinski definition) is 1. The third-order valence-electron chi connectivity index (χ3n) is 11.6. The van der Waals surface area contributed by atoms with E-state index in [4.69, 9.17) is 4.42 Å². The summed E-state index contributed by atoms with van der Waals surface area (Å²) < 4.78 is 6.86. The number of fused-ring (bicyclic) bond motifs is 6. The molecule has 0 amide bonds. The molecule has 0 radical (unpaired) electrons. The molecule has 0 fully saturated rings. The van der Waals surface area contributed by atoms with Gasteiger partial charge in [0.1, 0.15) is 11.2 Å². The minimum absolute atomic E-state index is 0.899. The third-order valence-corrected chi connectivity index (χ3v) is 11.6. The van der Waals surface area contributed by atoms with Gasteiger partial charge in [-0.3, -0.25) is 0 Å². The maximum Gasteiger partial charge on any atom is 0.136 e. The lowest BCUT2D eigenvalue weighted by Gasteiger charge is -2.17. The van der Waals surface area contributed by atoms with Crippen LogP contribution in [0.15, 0.2) is 186 Å². The molecule has 12 aromatic rings. The highest BCUT2D eigenvalue weighted by Gasteiger charge is 2.20. The summed E-state index contributed by atoms with van der Waals surface area (Å²) >= 11 is 0. The van der Waals surface area contributed by atoms with Gasteiger partial charge in [-0.05, 0) is 128 Å². The van der Waals surface area contributed by atoms with Crippen molar-refractivity contribution in [1.82, 2.24) is 0 Å². The highest BCUT2D eigenvalue weighted by Crippen LogP contribution is 2.47. The number of furan rings is 1. The zero-order valence-electron chi connectivity index (χ0n) is 28.7. The van der Waals surface area contributed by atoms with Gasteiger partial charge in [-0.1, -0.05) is 152 Å². The van der Waals surface area contributed by atoms with Crippen LogP contribution in [0.1, 0.15) is 0 Å². The van der Waals surface area contributed by atoms with E-state index in [-0.39, 0.29) is 0 Å². The maximum atomic E-state index is 6.86. The smallest absolute Gasteiger partial charge is 0.136 e. The van der Waals surface area contributed by atoms with Gasteiger partial charge in [0, 0.05) is 10.8 Å². The van der Waals surface area contributed by atoms with Gasteiger partial charge in [0.15, 0.2) is 0 Å². The average molecular weight is 671 g/mol. The van der Waals surface area contributed by atoms with Crippen LogP contribution in [0, 0.1) is 0 Å². The highest BCUT2D eigenvalue weighted by atomic mass is 16.3. The van der Waals surface area contributed by atoms with Crippen LogP contribution in [0.2, 0.25) is 0 Å². The van der Waals surface area contributed by atoms with Gasteiger partial charge in [-0.25, -0.2) is 0 Å². The van der Waals surface area contributed by atoms with E-state index in [1.54, 1.807) is 0 Å². The standard InChI is InChI=1S/C52H30O/c1-2-9-35-26-38(19-16-31(35)8-1)40-24-25-41(43-15-6-5-14-42(40)43)39-28-46(52-47-27-36-10-3-4-11-37(36)29-48(47)53-49(52)30-39)44-22-20-34-18-17-32-12-7-13-33-21-23-45(44)51(34)50(32)33/h1-30H. The Morgan fingerprint density at radius 3 is 1.58 bits per heavy atom. The first-order chi connectivity index (χ1) is 26.2. The van der Waals surface area contributed by atoms with Gasteiger partial charge in [0.25, 0.3) is 0 Å². The molecule has 0 bridgehead atoms. The van der Waals surface area contributed by atoms with Gasteiger partial charge < -0.3 is 4.42 Å². The van der Waals surface area contributed by atoms with Gasteiger partial charge in [-0.15, -0.1) is 0 Å². The summed E-state index contributed by atoms with van der Waals surface area (Å²) in [5, 5.41) is 17.4. The van der Waals surface area contributed by atoms with Crippen LogP contribution < -0.4 is 0 Å². The van der Waals surface area contributed by atoms with Crippen molar-refractivity contribution in [3.8, 4) is 33.4 Å². The lowest BCUT2D eigenvalue weighted by Crippen LogP contribution is -1.90. The molecule has 0 unspecified atom stereocenters. The van der Waals surface area contributed by atoms with Crippen molar-refractivity contribution >= 4 is 86.6 Å². The lowest BCUT2D eigenvalue weighted by atomic mass is 9.86. The minimum atomic E-state index is 0.899. The molecule has 1 nitrogen and oxygen atoms in total. The Labute approximate surface area is 305 Å². The first kappa shape index (κ1) is 28.7. The summed E-state index contributed by atoms with van der Waals surface area (Å²) in [5.41, 5.74) is 9.00. The minimum Gasteiger partial charge on any atom is -0.456 e. The van der Waals surface area contributed by atoms with Crippen LogP contribution in [-0.4, -0.2) is 0 Å². The largest absolute Gasteiger partial charge is 0.456 e. The van der Waals surface area contributed by atoms with Crippen molar-refractivity contribution in [2.45, 2.75) is 0 Å². The molecule has 0 spiro atoms. The first-order valence-corrected chi connectivity index (χ1v) is 18.3. The topological polar surface area (TPSA) is 13.1 Å². The van der Waals surface area contributed by atoms with Crippen LogP contribution in [-0.2, 0) is 0 Å². The van der Waals surface area contributed by atoms with Crippen LogP contribution >= 0.6 is 0 Å². The number of hydrogen-bond donors (Lipinski definition) is 0. The summed E-state index contributed by atoms with van der Waals surface area (Å²) in [5.74, 6) is 0. The zero-order chi connectivity index (χ0) is 34.6. The van der Waals surface area contributed by atoms with Crippen molar-refractivity contribution in [1.29, 1.82) is 0 Å². The van der Waals surface area contributed by atoms with E-state index >= 15 is 0 Å². The fourth-order valence-electron chi connectivity index (χ4n) is 9.09. The zero-order valence-corrected chi connectivity index (χ0v) is 28.7. The van der Waals surface area contributed by atoms with Crippen molar-refractivity contribution in [2.75, 3.05) is 0 Å². The fourth-order valence-corrected chi connectivity index (χ4v) is 9.09. The van der Waals surface area contributed by atoms with Crippen LogP contribution in [0.4, 0.5) is 0 Å². The molecule has 0 aliphatic carbocycles. The summed E-state index contributed by atoms with van der Waals surface area (Å²) in [6, 6.07) is 66.9. The molecule has 53 heavy (non-hydrogen) atoms. The Kier molecular flexibility index (Phi) is 5.84. The lowest BCUT2D eigenvalue weighted by molar-refractivity contribution is 0.669. The van der Waals surface area contributed by atoms with Gasteiger partial charge in [-0.2, -0.15) is 0 Å². The summed E-state index contributed by atoms with van der Waals surface area (Å²) in [7, 11) is 0. The van der Waals surface area contributed by atoms with Crippen LogP contribution in [0.3, 0.4) is 0 Å². The number of benzene rings is 11. The normalized spacial score (nSPS) is 12.2. The van der Waals surface area contributed by atoms with E-state index in [0.29, 0.717) is 0 Å². The third kappa shape index (κ3) is 4.19. The van der Waals surface area contributed by atoms with Crippen molar-refractivity contribution in [3.05, 3.63) is 182 Å². The van der Waals surface area contributed by atoms with Crippen LogP contribution in [0.25, 0.3) is 120 Å². The Balaban J connectivity index is 1.16. The molecule has 0 atom stereocenters. The molecule has 1 heterocycles. The molecular weight excluding hydrogens is 641 g/mol. The monoisotopic (exact) mass is 670 g/mol. The Morgan fingerprint density at radius 2 is 0.811 bits per heavy atom. The number of rotatable bonds is 3. The molecule has 0 aliphatic rings. The molecule has 0 saturated heterocycles. The SMILES string of the molecule is c1ccc2cc(-c3ccc(-c4cc(-c5ccc6ccc7cccc8ccc5c6c78)c5c(c4)oc4cc6ccccc6cc45)c4ccccc34)ccc2c1. The Hall–Kier alpha value is -6.96.